The van der Waals surface area contributed by atoms with Crippen LogP contribution in [0.1, 0.15) is 16.9 Å². The van der Waals surface area contributed by atoms with Gasteiger partial charge in [-0.2, -0.15) is 13.2 Å². The molecule has 2 rings (SSSR count). The van der Waals surface area contributed by atoms with Crippen molar-refractivity contribution < 1.29 is 22.3 Å². The van der Waals surface area contributed by atoms with Crippen molar-refractivity contribution in [3.8, 4) is 5.75 Å². The summed E-state index contributed by atoms with van der Waals surface area (Å²) in [6.07, 6.45) is -3.10. The van der Waals surface area contributed by atoms with Crippen LogP contribution in [-0.2, 0) is 12.8 Å². The first-order chi connectivity index (χ1) is 9.38. The van der Waals surface area contributed by atoms with Gasteiger partial charge in [-0.3, -0.25) is 0 Å². The van der Waals surface area contributed by atoms with E-state index in [2.05, 4.69) is 12.2 Å². The molecule has 1 aromatic heterocycles. The zero-order chi connectivity index (χ0) is 14.8. The molecule has 0 radical (unpaired) electrons. The van der Waals surface area contributed by atoms with Crippen molar-refractivity contribution in [2.45, 2.75) is 12.8 Å². The Morgan fingerprint density at radius 1 is 1.30 bits per heavy atom. The maximum atomic E-state index is 12.9. The minimum atomic E-state index is -4.55. The first-order valence-corrected chi connectivity index (χ1v) is 5.95. The molecule has 0 saturated heterocycles. The highest BCUT2D eigenvalue weighted by atomic mass is 32.1. The molecule has 0 aliphatic heterocycles. The Labute approximate surface area is 118 Å². The van der Waals surface area contributed by atoms with Crippen LogP contribution in [0.25, 0.3) is 0 Å². The van der Waals surface area contributed by atoms with Gasteiger partial charge in [-0.25, -0.2) is 0 Å². The molecule has 0 bridgehead atoms. The van der Waals surface area contributed by atoms with Gasteiger partial charge in [0.1, 0.15) is 23.1 Å². The third kappa shape index (κ3) is 3.30. The monoisotopic (exact) mass is 301 g/mol. The molecule has 7 heteroatoms. The highest BCUT2D eigenvalue weighted by Crippen LogP contribution is 2.34. The molecule has 0 unspecified atom stereocenters. The number of rotatable bonds is 4. The average Bonchev–Trinajstić information content (AvgIpc) is 2.88. The van der Waals surface area contributed by atoms with E-state index < -0.39 is 11.7 Å². The van der Waals surface area contributed by atoms with Gasteiger partial charge in [-0.1, -0.05) is 12.2 Å². The summed E-state index contributed by atoms with van der Waals surface area (Å²) >= 11 is 4.61. The van der Waals surface area contributed by atoms with E-state index in [4.69, 9.17) is 14.9 Å². The van der Waals surface area contributed by atoms with E-state index >= 15 is 0 Å². The smallest absolute Gasteiger partial charge is 0.417 e. The Bertz CT molecular complexity index is 609. The largest absolute Gasteiger partial charge is 0.486 e. The van der Waals surface area contributed by atoms with Gasteiger partial charge in [0.15, 0.2) is 0 Å². The van der Waals surface area contributed by atoms with Gasteiger partial charge in [0.2, 0.25) is 0 Å². The van der Waals surface area contributed by atoms with Crippen LogP contribution in [0.5, 0.6) is 5.75 Å². The number of ether oxygens (including phenoxy) is 1. The fourth-order valence-electron chi connectivity index (χ4n) is 1.61. The Kier molecular flexibility index (Phi) is 3.99. The van der Waals surface area contributed by atoms with Crippen molar-refractivity contribution in [3.05, 3.63) is 53.5 Å². The van der Waals surface area contributed by atoms with Crippen LogP contribution in [-0.4, -0.2) is 4.99 Å². The summed E-state index contributed by atoms with van der Waals surface area (Å²) in [6.45, 7) is 0.0384. The fourth-order valence-corrected chi connectivity index (χ4v) is 1.79. The van der Waals surface area contributed by atoms with Crippen molar-refractivity contribution in [1.29, 1.82) is 0 Å². The van der Waals surface area contributed by atoms with Gasteiger partial charge in [0, 0.05) is 5.56 Å². The molecule has 0 spiro atoms. The lowest BCUT2D eigenvalue weighted by Gasteiger charge is -2.14. The summed E-state index contributed by atoms with van der Waals surface area (Å²) in [5.41, 5.74) is 4.15. The van der Waals surface area contributed by atoms with Crippen LogP contribution >= 0.6 is 12.2 Å². The van der Waals surface area contributed by atoms with Crippen molar-refractivity contribution in [2.75, 3.05) is 0 Å². The standard InChI is InChI=1S/C13H10F3NO2S/c14-13(15,16)11-6-8(3-4-10(11)12(17)20)19-7-9-2-1-5-18-9/h1-6H,7H2,(H2,17,20). The molecule has 1 aromatic carbocycles. The molecule has 0 saturated carbocycles. The topological polar surface area (TPSA) is 48.4 Å². The average molecular weight is 301 g/mol. The molecule has 20 heavy (non-hydrogen) atoms. The van der Waals surface area contributed by atoms with E-state index in [0.29, 0.717) is 5.76 Å². The highest BCUT2D eigenvalue weighted by molar-refractivity contribution is 7.80. The van der Waals surface area contributed by atoms with Gasteiger partial charge >= 0.3 is 6.18 Å². The lowest BCUT2D eigenvalue weighted by Crippen LogP contribution is -2.18. The van der Waals surface area contributed by atoms with E-state index in [9.17, 15) is 13.2 Å². The number of halogens is 3. The second kappa shape index (κ2) is 5.54. The van der Waals surface area contributed by atoms with E-state index in [1.165, 1.54) is 18.4 Å². The van der Waals surface area contributed by atoms with Crippen LogP contribution in [0, 0.1) is 0 Å². The summed E-state index contributed by atoms with van der Waals surface area (Å²) in [4.78, 5) is -0.310. The predicted octanol–water partition coefficient (Wildman–Crippen LogP) is 3.51. The molecular weight excluding hydrogens is 291 g/mol. The summed E-state index contributed by atoms with van der Waals surface area (Å²) in [7, 11) is 0. The normalized spacial score (nSPS) is 11.3. The van der Waals surface area contributed by atoms with Crippen molar-refractivity contribution in [2.24, 2.45) is 5.73 Å². The third-order valence-corrected chi connectivity index (χ3v) is 2.74. The Balaban J connectivity index is 2.25. The van der Waals surface area contributed by atoms with Crippen LogP contribution in [0.15, 0.2) is 41.0 Å². The minimum absolute atomic E-state index is 0.0384. The van der Waals surface area contributed by atoms with Crippen LogP contribution < -0.4 is 10.5 Å². The first kappa shape index (κ1) is 14.4. The summed E-state index contributed by atoms with van der Waals surface area (Å²) in [5.74, 6) is 0.575. The SMILES string of the molecule is NC(=S)c1ccc(OCc2ccco2)cc1C(F)(F)F. The van der Waals surface area contributed by atoms with Gasteiger partial charge < -0.3 is 14.9 Å². The predicted molar refractivity (Wildman–Crippen MR) is 70.4 cm³/mol. The molecular formula is C13H10F3NO2S. The summed E-state index contributed by atoms with van der Waals surface area (Å²) in [5, 5.41) is 0. The van der Waals surface area contributed by atoms with Gasteiger partial charge in [0.25, 0.3) is 0 Å². The Morgan fingerprint density at radius 2 is 2.05 bits per heavy atom. The number of benzene rings is 1. The van der Waals surface area contributed by atoms with Crippen LogP contribution in [0.4, 0.5) is 13.2 Å². The maximum absolute atomic E-state index is 12.9. The second-order valence-electron chi connectivity index (χ2n) is 3.94. The molecule has 2 N–H and O–H groups in total. The van der Waals surface area contributed by atoms with E-state index in [-0.39, 0.29) is 22.9 Å². The van der Waals surface area contributed by atoms with E-state index in [0.717, 1.165) is 6.07 Å². The highest BCUT2D eigenvalue weighted by Gasteiger charge is 2.34. The minimum Gasteiger partial charge on any atom is -0.486 e. The molecule has 2 aromatic rings. The van der Waals surface area contributed by atoms with Gasteiger partial charge in [-0.05, 0) is 30.3 Å². The van der Waals surface area contributed by atoms with Crippen molar-refractivity contribution in [1.82, 2.24) is 0 Å². The molecule has 0 amide bonds. The van der Waals surface area contributed by atoms with E-state index in [1.54, 1.807) is 12.1 Å². The van der Waals surface area contributed by atoms with Crippen LogP contribution in [0.3, 0.4) is 0 Å². The Morgan fingerprint density at radius 3 is 2.60 bits per heavy atom. The third-order valence-electron chi connectivity index (χ3n) is 2.52. The van der Waals surface area contributed by atoms with Crippen molar-refractivity contribution >= 4 is 17.2 Å². The molecule has 0 aliphatic rings. The fraction of sp³-hybridized carbons (Fsp3) is 0.154. The van der Waals surface area contributed by atoms with Gasteiger partial charge in [0.05, 0.1) is 11.8 Å². The number of nitrogens with two attached hydrogens (primary N) is 1. The molecule has 0 atom stereocenters. The molecule has 0 fully saturated rings. The Hall–Kier alpha value is -2.02. The summed E-state index contributed by atoms with van der Waals surface area (Å²) in [6, 6.07) is 6.77. The number of thiocarbonyl (C=S) groups is 1. The maximum Gasteiger partial charge on any atom is 0.417 e. The summed E-state index contributed by atoms with van der Waals surface area (Å²) < 4.78 is 49.0. The second-order valence-corrected chi connectivity index (χ2v) is 4.38. The van der Waals surface area contributed by atoms with Crippen molar-refractivity contribution in [3.63, 3.8) is 0 Å². The lowest BCUT2D eigenvalue weighted by atomic mass is 10.1. The first-order valence-electron chi connectivity index (χ1n) is 5.54. The lowest BCUT2D eigenvalue weighted by molar-refractivity contribution is -0.137. The number of hydrogen-bond acceptors (Lipinski definition) is 3. The van der Waals surface area contributed by atoms with Gasteiger partial charge in [-0.15, -0.1) is 0 Å². The zero-order valence-corrected chi connectivity index (χ0v) is 10.9. The quantitative estimate of drug-likeness (QED) is 0.878. The molecule has 0 aliphatic carbocycles. The molecule has 106 valence electrons. The zero-order valence-electron chi connectivity index (χ0n) is 10.1. The number of furan rings is 1. The molecule has 1 heterocycles. The number of alkyl halides is 3. The van der Waals surface area contributed by atoms with Crippen LogP contribution in [0.2, 0.25) is 0 Å². The van der Waals surface area contributed by atoms with E-state index in [1.807, 2.05) is 0 Å². The number of hydrogen-bond donors (Lipinski definition) is 1. The molecule has 3 nitrogen and oxygen atoms in total.